The third kappa shape index (κ3) is 4.88. The molecule has 0 atom stereocenters. The summed E-state index contributed by atoms with van der Waals surface area (Å²) in [6.07, 6.45) is 7.05. The molecule has 0 aromatic rings. The molecular weight excluding hydrogens is 262 g/mol. The molecule has 0 aromatic heterocycles. The number of carbonyl (C=O) groups is 1. The van der Waals surface area contributed by atoms with Crippen molar-refractivity contribution in [1.82, 2.24) is 0 Å². The minimum Gasteiger partial charge on any atom is -0.329 e. The quantitative estimate of drug-likeness (QED) is 0.728. The van der Waals surface area contributed by atoms with E-state index in [2.05, 4.69) is 0 Å². The molecule has 0 spiro atoms. The zero-order valence-electron chi connectivity index (χ0n) is 12.0. The maximum absolute atomic E-state index is 12.4. The van der Waals surface area contributed by atoms with Gasteiger partial charge in [0.2, 0.25) is 0 Å². The Labute approximate surface area is 117 Å². The van der Waals surface area contributed by atoms with Crippen LogP contribution in [0.1, 0.15) is 58.3 Å². The molecule has 1 fully saturated rings. The highest BCUT2D eigenvalue weighted by Gasteiger charge is 2.36. The molecule has 0 aliphatic heterocycles. The monoisotopic (exact) mass is 289 g/mol. The highest BCUT2D eigenvalue weighted by atomic mass is 32.2. The van der Waals surface area contributed by atoms with Crippen LogP contribution in [0.15, 0.2) is 0 Å². The summed E-state index contributed by atoms with van der Waals surface area (Å²) in [7, 11) is -2.96. The molecule has 0 aromatic carbocycles. The number of nitrogens with two attached hydrogens (primary N) is 1. The summed E-state index contributed by atoms with van der Waals surface area (Å²) in [6, 6.07) is 0. The Morgan fingerprint density at radius 2 is 1.74 bits per heavy atom. The molecule has 0 bridgehead atoms. The molecule has 0 radical (unpaired) electrons. The summed E-state index contributed by atoms with van der Waals surface area (Å²) >= 11 is 0. The van der Waals surface area contributed by atoms with Crippen LogP contribution in [-0.4, -0.2) is 32.3 Å². The van der Waals surface area contributed by atoms with Gasteiger partial charge in [-0.05, 0) is 19.3 Å². The van der Waals surface area contributed by atoms with E-state index in [-0.39, 0.29) is 22.7 Å². The van der Waals surface area contributed by atoms with Crippen LogP contribution in [0.25, 0.3) is 0 Å². The van der Waals surface area contributed by atoms with E-state index in [1.54, 1.807) is 6.92 Å². The molecule has 1 rings (SSSR count). The van der Waals surface area contributed by atoms with Crippen molar-refractivity contribution in [2.75, 3.05) is 18.1 Å². The smallest absolute Gasteiger partial charge is 0.150 e. The van der Waals surface area contributed by atoms with Crippen molar-refractivity contribution < 1.29 is 13.2 Å². The minimum absolute atomic E-state index is 0.121. The topological polar surface area (TPSA) is 77.2 Å². The van der Waals surface area contributed by atoms with Crippen LogP contribution in [0.3, 0.4) is 0 Å². The SMILES string of the molecule is CCS(=O)(=O)CCCC(=O)C1(CN)CCCCCC1. The number of rotatable bonds is 7. The molecule has 1 saturated carbocycles. The van der Waals surface area contributed by atoms with Crippen molar-refractivity contribution in [3.8, 4) is 0 Å². The van der Waals surface area contributed by atoms with Gasteiger partial charge in [-0.3, -0.25) is 4.79 Å². The third-order valence-corrected chi connectivity index (χ3v) is 6.13. The second-order valence-corrected chi connectivity index (χ2v) is 8.13. The summed E-state index contributed by atoms with van der Waals surface area (Å²) in [5, 5.41) is 0. The molecule has 1 aliphatic carbocycles. The lowest BCUT2D eigenvalue weighted by atomic mass is 9.75. The molecule has 19 heavy (non-hydrogen) atoms. The molecular formula is C14H27NO3S. The van der Waals surface area contributed by atoms with E-state index in [1.165, 1.54) is 12.8 Å². The van der Waals surface area contributed by atoms with Crippen molar-refractivity contribution in [2.45, 2.75) is 58.3 Å². The van der Waals surface area contributed by atoms with Gasteiger partial charge in [0.15, 0.2) is 0 Å². The second kappa shape index (κ2) is 7.39. The van der Waals surface area contributed by atoms with Crippen molar-refractivity contribution in [1.29, 1.82) is 0 Å². The van der Waals surface area contributed by atoms with E-state index in [0.29, 0.717) is 19.4 Å². The fourth-order valence-corrected chi connectivity index (χ4v) is 3.74. The van der Waals surface area contributed by atoms with Gasteiger partial charge in [0.25, 0.3) is 0 Å². The number of hydrogen-bond donors (Lipinski definition) is 1. The van der Waals surface area contributed by atoms with Crippen molar-refractivity contribution >= 4 is 15.6 Å². The second-order valence-electron chi connectivity index (χ2n) is 5.66. The largest absolute Gasteiger partial charge is 0.329 e. The first kappa shape index (κ1) is 16.6. The number of hydrogen-bond acceptors (Lipinski definition) is 4. The maximum Gasteiger partial charge on any atom is 0.150 e. The number of carbonyl (C=O) groups excluding carboxylic acids is 1. The first-order valence-electron chi connectivity index (χ1n) is 7.39. The van der Waals surface area contributed by atoms with Gasteiger partial charge >= 0.3 is 0 Å². The maximum atomic E-state index is 12.4. The molecule has 0 saturated heterocycles. The van der Waals surface area contributed by atoms with E-state index in [0.717, 1.165) is 25.7 Å². The molecule has 2 N–H and O–H groups in total. The lowest BCUT2D eigenvalue weighted by molar-refractivity contribution is -0.129. The van der Waals surface area contributed by atoms with Crippen molar-refractivity contribution in [3.63, 3.8) is 0 Å². The lowest BCUT2D eigenvalue weighted by Crippen LogP contribution is -2.38. The Morgan fingerprint density at radius 1 is 1.16 bits per heavy atom. The lowest BCUT2D eigenvalue weighted by Gasteiger charge is -2.29. The van der Waals surface area contributed by atoms with E-state index >= 15 is 0 Å². The Morgan fingerprint density at radius 3 is 2.21 bits per heavy atom. The summed E-state index contributed by atoms with van der Waals surface area (Å²) in [6.45, 7) is 2.05. The Balaban J connectivity index is 2.54. The van der Waals surface area contributed by atoms with Gasteiger partial charge in [-0.25, -0.2) is 8.42 Å². The van der Waals surface area contributed by atoms with E-state index in [4.69, 9.17) is 5.73 Å². The van der Waals surface area contributed by atoms with Crippen LogP contribution in [-0.2, 0) is 14.6 Å². The highest BCUT2D eigenvalue weighted by molar-refractivity contribution is 7.91. The zero-order valence-corrected chi connectivity index (χ0v) is 12.8. The van der Waals surface area contributed by atoms with Gasteiger partial charge < -0.3 is 5.73 Å². The van der Waals surface area contributed by atoms with E-state index in [1.807, 2.05) is 0 Å². The average Bonchev–Trinajstić information content (AvgIpc) is 2.64. The highest BCUT2D eigenvalue weighted by Crippen LogP contribution is 2.36. The van der Waals surface area contributed by atoms with Gasteiger partial charge in [0.05, 0.1) is 5.75 Å². The zero-order chi connectivity index (χ0) is 14.4. The fraction of sp³-hybridized carbons (Fsp3) is 0.929. The predicted octanol–water partition coefficient (Wildman–Crippen LogP) is 2.07. The molecule has 5 heteroatoms. The normalized spacial score (nSPS) is 19.9. The Hall–Kier alpha value is -0.420. The number of ketones is 1. The summed E-state index contributed by atoms with van der Waals surface area (Å²) < 4.78 is 22.9. The van der Waals surface area contributed by atoms with Gasteiger partial charge in [-0.15, -0.1) is 0 Å². The van der Waals surface area contributed by atoms with Crippen molar-refractivity contribution in [2.24, 2.45) is 11.1 Å². The Bertz CT molecular complexity index is 381. The Kier molecular flexibility index (Phi) is 6.47. The molecule has 0 heterocycles. The molecule has 1 aliphatic rings. The number of Topliss-reactive ketones (excluding diaryl/α,β-unsaturated/α-hetero) is 1. The van der Waals surface area contributed by atoms with Gasteiger partial charge in [-0.1, -0.05) is 32.6 Å². The van der Waals surface area contributed by atoms with E-state index in [9.17, 15) is 13.2 Å². The van der Waals surface area contributed by atoms with Crippen LogP contribution < -0.4 is 5.73 Å². The fourth-order valence-electron chi connectivity index (χ4n) is 2.86. The van der Waals surface area contributed by atoms with Gasteiger partial charge in [0, 0.05) is 24.1 Å². The first-order chi connectivity index (χ1) is 8.96. The molecule has 112 valence electrons. The summed E-state index contributed by atoms with van der Waals surface area (Å²) in [4.78, 5) is 12.4. The van der Waals surface area contributed by atoms with Crippen molar-refractivity contribution in [3.05, 3.63) is 0 Å². The molecule has 0 unspecified atom stereocenters. The third-order valence-electron chi connectivity index (χ3n) is 4.34. The number of sulfone groups is 1. The van der Waals surface area contributed by atoms with Crippen LogP contribution in [0.4, 0.5) is 0 Å². The van der Waals surface area contributed by atoms with E-state index < -0.39 is 9.84 Å². The summed E-state index contributed by atoms with van der Waals surface area (Å²) in [5.41, 5.74) is 5.48. The van der Waals surface area contributed by atoms with Crippen LogP contribution in [0, 0.1) is 5.41 Å². The van der Waals surface area contributed by atoms with Gasteiger partial charge in [0.1, 0.15) is 15.6 Å². The van der Waals surface area contributed by atoms with Gasteiger partial charge in [-0.2, -0.15) is 0 Å². The molecule has 4 nitrogen and oxygen atoms in total. The van der Waals surface area contributed by atoms with Crippen LogP contribution in [0.2, 0.25) is 0 Å². The van der Waals surface area contributed by atoms with Crippen LogP contribution in [0.5, 0.6) is 0 Å². The predicted molar refractivity (Wildman–Crippen MR) is 77.8 cm³/mol. The average molecular weight is 289 g/mol. The first-order valence-corrected chi connectivity index (χ1v) is 9.22. The summed E-state index contributed by atoms with van der Waals surface area (Å²) in [5.74, 6) is 0.460. The minimum atomic E-state index is -2.96. The standard InChI is InChI=1S/C14H27NO3S/c1-2-19(17,18)11-7-8-13(16)14(12-15)9-5-3-4-6-10-14/h2-12,15H2,1H3. The van der Waals surface area contributed by atoms with Crippen LogP contribution >= 0.6 is 0 Å². The molecule has 0 amide bonds.